The summed E-state index contributed by atoms with van der Waals surface area (Å²) in [5.74, 6) is 1.35. The van der Waals surface area contributed by atoms with E-state index in [1.165, 1.54) is 0 Å². The van der Waals surface area contributed by atoms with Crippen LogP contribution in [0.4, 0.5) is 5.82 Å². The Balaban J connectivity index is 1.85. The first-order valence-corrected chi connectivity index (χ1v) is 6.72. The molecule has 0 aliphatic carbocycles. The smallest absolute Gasteiger partial charge is 0.126 e. The highest BCUT2D eigenvalue weighted by atomic mass is 35.5. The minimum atomic E-state index is 0.453. The summed E-state index contributed by atoms with van der Waals surface area (Å²) in [6, 6.07) is 3.73. The summed E-state index contributed by atoms with van der Waals surface area (Å²) in [6.45, 7) is 5.69. The van der Waals surface area contributed by atoms with Crippen LogP contribution >= 0.6 is 11.6 Å². The number of anilines is 1. The van der Waals surface area contributed by atoms with E-state index in [0.717, 1.165) is 37.7 Å². The van der Waals surface area contributed by atoms with Crippen LogP contribution in [0.15, 0.2) is 12.1 Å². The van der Waals surface area contributed by atoms with Crippen LogP contribution in [0.5, 0.6) is 0 Å². The van der Waals surface area contributed by atoms with E-state index in [4.69, 9.17) is 21.1 Å². The van der Waals surface area contributed by atoms with Gasteiger partial charge in [-0.1, -0.05) is 11.6 Å². The number of nitrogens with one attached hydrogen (secondary N) is 1. The van der Waals surface area contributed by atoms with Gasteiger partial charge < -0.3 is 14.8 Å². The molecule has 1 fully saturated rings. The van der Waals surface area contributed by atoms with Crippen molar-refractivity contribution in [1.82, 2.24) is 4.98 Å². The summed E-state index contributed by atoms with van der Waals surface area (Å²) in [4.78, 5) is 4.43. The summed E-state index contributed by atoms with van der Waals surface area (Å²) in [6.07, 6.45) is 1.08. The third kappa shape index (κ3) is 3.83. The molecular weight excluding hydrogens is 252 g/mol. The second kappa shape index (κ2) is 6.92. The van der Waals surface area contributed by atoms with Gasteiger partial charge in [0.1, 0.15) is 5.82 Å². The van der Waals surface area contributed by atoms with Gasteiger partial charge in [0.2, 0.25) is 0 Å². The lowest BCUT2D eigenvalue weighted by Gasteiger charge is -2.10. The zero-order chi connectivity index (χ0) is 12.8. The fourth-order valence-electron chi connectivity index (χ4n) is 1.90. The van der Waals surface area contributed by atoms with E-state index in [0.29, 0.717) is 24.2 Å². The molecule has 1 unspecified atom stereocenters. The number of pyridine rings is 1. The van der Waals surface area contributed by atoms with Crippen LogP contribution in [-0.4, -0.2) is 31.3 Å². The lowest BCUT2D eigenvalue weighted by atomic mass is 10.1. The first-order valence-electron chi connectivity index (χ1n) is 6.34. The molecule has 1 aliphatic rings. The quantitative estimate of drug-likeness (QED) is 0.863. The predicted molar refractivity (Wildman–Crippen MR) is 72.0 cm³/mol. The first kappa shape index (κ1) is 13.6. The van der Waals surface area contributed by atoms with Gasteiger partial charge in [-0.3, -0.25) is 0 Å². The maximum Gasteiger partial charge on any atom is 0.126 e. The Morgan fingerprint density at radius 2 is 2.44 bits per heavy atom. The highest BCUT2D eigenvalue weighted by Crippen LogP contribution is 2.19. The van der Waals surface area contributed by atoms with Gasteiger partial charge in [0, 0.05) is 19.1 Å². The van der Waals surface area contributed by atoms with Crippen LogP contribution in [0.2, 0.25) is 5.02 Å². The molecule has 0 radical (unpaired) electrons. The average molecular weight is 271 g/mol. The number of aromatic nitrogens is 1. The van der Waals surface area contributed by atoms with Crippen LogP contribution in [0.1, 0.15) is 19.0 Å². The molecule has 0 aromatic carbocycles. The summed E-state index contributed by atoms with van der Waals surface area (Å²) in [7, 11) is 0. The monoisotopic (exact) mass is 270 g/mol. The van der Waals surface area contributed by atoms with Gasteiger partial charge in [-0.15, -0.1) is 0 Å². The third-order valence-electron chi connectivity index (χ3n) is 2.89. The minimum absolute atomic E-state index is 0.453. The normalized spacial score (nSPS) is 19.1. The van der Waals surface area contributed by atoms with E-state index in [1.54, 1.807) is 0 Å². The Hall–Kier alpha value is -0.840. The van der Waals surface area contributed by atoms with Crippen LogP contribution in [0.25, 0.3) is 0 Å². The largest absolute Gasteiger partial charge is 0.381 e. The minimum Gasteiger partial charge on any atom is -0.381 e. The van der Waals surface area contributed by atoms with E-state index in [1.807, 2.05) is 19.1 Å². The number of hydrogen-bond donors (Lipinski definition) is 1. The highest BCUT2D eigenvalue weighted by Gasteiger charge is 2.15. The van der Waals surface area contributed by atoms with Crippen molar-refractivity contribution in [2.45, 2.75) is 20.0 Å². The lowest BCUT2D eigenvalue weighted by Crippen LogP contribution is -2.10. The summed E-state index contributed by atoms with van der Waals surface area (Å²) in [5, 5.41) is 3.81. The summed E-state index contributed by atoms with van der Waals surface area (Å²) in [5.41, 5.74) is 0.786. The van der Waals surface area contributed by atoms with Crippen molar-refractivity contribution in [2.24, 2.45) is 5.92 Å². The Bertz CT molecular complexity index is 381. The van der Waals surface area contributed by atoms with Gasteiger partial charge in [-0.25, -0.2) is 4.98 Å². The topological polar surface area (TPSA) is 43.4 Å². The zero-order valence-electron chi connectivity index (χ0n) is 10.6. The molecular formula is C13H19ClN2O2. The number of rotatable bonds is 6. The second-order valence-corrected chi connectivity index (χ2v) is 4.81. The van der Waals surface area contributed by atoms with E-state index in [9.17, 15) is 0 Å². The number of ether oxygens (including phenoxy) is 2. The van der Waals surface area contributed by atoms with E-state index in [2.05, 4.69) is 10.3 Å². The van der Waals surface area contributed by atoms with Gasteiger partial charge >= 0.3 is 0 Å². The molecule has 100 valence electrons. The molecule has 0 saturated carbocycles. The van der Waals surface area contributed by atoms with Crippen molar-refractivity contribution in [2.75, 3.05) is 31.7 Å². The second-order valence-electron chi connectivity index (χ2n) is 4.40. The Kier molecular flexibility index (Phi) is 5.23. The molecule has 2 rings (SSSR count). The van der Waals surface area contributed by atoms with Crippen molar-refractivity contribution in [3.8, 4) is 0 Å². The summed E-state index contributed by atoms with van der Waals surface area (Å²) >= 11 is 6.10. The average Bonchev–Trinajstić information content (AvgIpc) is 2.86. The van der Waals surface area contributed by atoms with Crippen LogP contribution < -0.4 is 5.32 Å². The summed E-state index contributed by atoms with van der Waals surface area (Å²) < 4.78 is 11.0. The molecule has 0 bridgehead atoms. The number of nitrogens with zero attached hydrogens (tertiary/aromatic N) is 1. The molecule has 2 heterocycles. The van der Waals surface area contributed by atoms with Crippen molar-refractivity contribution in [3.63, 3.8) is 0 Å². The van der Waals surface area contributed by atoms with Crippen LogP contribution in [0.3, 0.4) is 0 Å². The van der Waals surface area contributed by atoms with Crippen molar-refractivity contribution in [3.05, 3.63) is 22.8 Å². The Labute approximate surface area is 113 Å². The van der Waals surface area contributed by atoms with Gasteiger partial charge in [0.25, 0.3) is 0 Å². The molecule has 1 aliphatic heterocycles. The predicted octanol–water partition coefficient (Wildman–Crippen LogP) is 2.72. The van der Waals surface area contributed by atoms with E-state index in [-0.39, 0.29) is 0 Å². The standard InChI is InChI=1S/C13H19ClN2O2/c1-2-15-13-4-3-11(14)12(16-13)9-18-8-10-5-6-17-7-10/h3-4,10H,2,5-9H2,1H3,(H,15,16). The van der Waals surface area contributed by atoms with Gasteiger partial charge in [0.05, 0.1) is 30.5 Å². The fourth-order valence-corrected chi connectivity index (χ4v) is 2.06. The van der Waals surface area contributed by atoms with Crippen molar-refractivity contribution >= 4 is 17.4 Å². The lowest BCUT2D eigenvalue weighted by molar-refractivity contribution is 0.0774. The molecule has 1 saturated heterocycles. The molecule has 5 heteroatoms. The van der Waals surface area contributed by atoms with Gasteiger partial charge in [-0.05, 0) is 25.5 Å². The first-order chi connectivity index (χ1) is 8.79. The molecule has 18 heavy (non-hydrogen) atoms. The van der Waals surface area contributed by atoms with Gasteiger partial charge in [0.15, 0.2) is 0 Å². The third-order valence-corrected chi connectivity index (χ3v) is 3.24. The molecule has 0 amide bonds. The highest BCUT2D eigenvalue weighted by molar-refractivity contribution is 6.31. The van der Waals surface area contributed by atoms with E-state index < -0.39 is 0 Å². The zero-order valence-corrected chi connectivity index (χ0v) is 11.4. The maximum absolute atomic E-state index is 6.10. The molecule has 1 atom stereocenters. The number of hydrogen-bond acceptors (Lipinski definition) is 4. The van der Waals surface area contributed by atoms with Crippen LogP contribution in [-0.2, 0) is 16.1 Å². The molecule has 1 N–H and O–H groups in total. The van der Waals surface area contributed by atoms with Crippen molar-refractivity contribution < 1.29 is 9.47 Å². The fraction of sp³-hybridized carbons (Fsp3) is 0.615. The van der Waals surface area contributed by atoms with Crippen LogP contribution in [0, 0.1) is 5.92 Å². The van der Waals surface area contributed by atoms with Crippen molar-refractivity contribution in [1.29, 1.82) is 0 Å². The molecule has 1 aromatic rings. The SMILES string of the molecule is CCNc1ccc(Cl)c(COCC2CCOC2)n1. The maximum atomic E-state index is 6.10. The molecule has 1 aromatic heterocycles. The van der Waals surface area contributed by atoms with E-state index >= 15 is 0 Å². The molecule has 0 spiro atoms. The Morgan fingerprint density at radius 3 is 3.17 bits per heavy atom. The Morgan fingerprint density at radius 1 is 1.56 bits per heavy atom. The molecule has 4 nitrogen and oxygen atoms in total. The number of halogens is 1. The van der Waals surface area contributed by atoms with Gasteiger partial charge in [-0.2, -0.15) is 0 Å².